The summed E-state index contributed by atoms with van der Waals surface area (Å²) in [6.07, 6.45) is -2.77. The highest BCUT2D eigenvalue weighted by Crippen LogP contribution is 2.53. The number of halogens is 4. The van der Waals surface area contributed by atoms with Gasteiger partial charge in [0, 0.05) is 12.6 Å². The third kappa shape index (κ3) is 2.91. The molecule has 1 aromatic heterocycles. The maximum Gasteiger partial charge on any atom is 0.354 e. The Balaban J connectivity index is 2.07. The Hall–Kier alpha value is -1.66. The average molecular weight is 291 g/mol. The first-order valence-electron chi connectivity index (χ1n) is 6.08. The summed E-state index contributed by atoms with van der Waals surface area (Å²) in [7, 11) is 0. The van der Waals surface area contributed by atoms with Crippen molar-refractivity contribution in [2.45, 2.75) is 38.0 Å². The van der Waals surface area contributed by atoms with Crippen LogP contribution in [0.4, 0.5) is 17.6 Å². The summed E-state index contributed by atoms with van der Waals surface area (Å²) in [6, 6.07) is 1.36. The number of aryl methyl sites for hydroxylation is 1. The first-order valence-corrected chi connectivity index (χ1v) is 6.08. The molecule has 2 rings (SSSR count). The zero-order valence-electron chi connectivity index (χ0n) is 10.6. The molecule has 20 heavy (non-hydrogen) atoms. The molecular formula is C13H13F4NO2. The van der Waals surface area contributed by atoms with Gasteiger partial charge < -0.3 is 5.11 Å². The van der Waals surface area contributed by atoms with E-state index in [-0.39, 0.29) is 11.6 Å². The number of carboxylic acids is 1. The standard InChI is InChI=1S/C13H13F4NO2/c1-6-2-10(11(19)20)18-5-9(6)8-3-7(8)4-13(16,17)12(14)15/h2,5,7-8,12H,3-4H2,1H3,(H,19,20). The van der Waals surface area contributed by atoms with Crippen LogP contribution in [0.1, 0.15) is 40.4 Å². The van der Waals surface area contributed by atoms with Crippen molar-refractivity contribution in [1.82, 2.24) is 4.98 Å². The zero-order chi connectivity index (χ0) is 15.1. The Morgan fingerprint density at radius 3 is 2.70 bits per heavy atom. The number of hydrogen-bond acceptors (Lipinski definition) is 2. The summed E-state index contributed by atoms with van der Waals surface area (Å²) in [5.74, 6) is -5.89. The van der Waals surface area contributed by atoms with Crippen LogP contribution in [-0.2, 0) is 0 Å². The molecule has 3 nitrogen and oxygen atoms in total. The summed E-state index contributed by atoms with van der Waals surface area (Å²) in [4.78, 5) is 14.5. The van der Waals surface area contributed by atoms with E-state index in [0.29, 0.717) is 17.5 Å². The Kier molecular flexibility index (Phi) is 3.71. The molecule has 1 saturated carbocycles. The van der Waals surface area contributed by atoms with Gasteiger partial charge in [0.15, 0.2) is 0 Å². The minimum atomic E-state index is -3.97. The molecule has 1 aromatic rings. The molecule has 0 amide bonds. The van der Waals surface area contributed by atoms with Gasteiger partial charge in [-0.3, -0.25) is 0 Å². The Morgan fingerprint density at radius 2 is 2.20 bits per heavy atom. The van der Waals surface area contributed by atoms with E-state index in [4.69, 9.17) is 5.11 Å². The molecule has 7 heteroatoms. The number of hydrogen-bond donors (Lipinski definition) is 1. The molecule has 1 aliphatic rings. The summed E-state index contributed by atoms with van der Waals surface area (Å²) in [6.45, 7) is 1.66. The van der Waals surface area contributed by atoms with Crippen molar-refractivity contribution in [3.63, 3.8) is 0 Å². The van der Waals surface area contributed by atoms with Gasteiger partial charge in [-0.1, -0.05) is 0 Å². The fourth-order valence-electron chi connectivity index (χ4n) is 2.36. The van der Waals surface area contributed by atoms with Crippen LogP contribution in [0.25, 0.3) is 0 Å². The van der Waals surface area contributed by atoms with Gasteiger partial charge >= 0.3 is 18.3 Å². The second kappa shape index (κ2) is 5.03. The van der Waals surface area contributed by atoms with Gasteiger partial charge in [-0.25, -0.2) is 27.3 Å². The van der Waals surface area contributed by atoms with Gasteiger partial charge in [0.1, 0.15) is 5.69 Å². The second-order valence-electron chi connectivity index (χ2n) is 5.10. The maximum atomic E-state index is 13.0. The van der Waals surface area contributed by atoms with E-state index in [9.17, 15) is 22.4 Å². The van der Waals surface area contributed by atoms with E-state index in [2.05, 4.69) is 4.98 Å². The van der Waals surface area contributed by atoms with Gasteiger partial charge in [-0.05, 0) is 42.4 Å². The van der Waals surface area contributed by atoms with Crippen LogP contribution in [0.5, 0.6) is 0 Å². The third-order valence-corrected chi connectivity index (χ3v) is 3.55. The van der Waals surface area contributed by atoms with E-state index >= 15 is 0 Å². The summed E-state index contributed by atoms with van der Waals surface area (Å²) in [5.41, 5.74) is 1.16. The monoisotopic (exact) mass is 291 g/mol. The third-order valence-electron chi connectivity index (χ3n) is 3.55. The maximum absolute atomic E-state index is 13.0. The molecule has 0 aromatic carbocycles. The summed E-state index contributed by atoms with van der Waals surface area (Å²) >= 11 is 0. The lowest BCUT2D eigenvalue weighted by atomic mass is 10.0. The van der Waals surface area contributed by atoms with Crippen molar-refractivity contribution in [1.29, 1.82) is 0 Å². The summed E-state index contributed by atoms with van der Waals surface area (Å²) < 4.78 is 50.2. The lowest BCUT2D eigenvalue weighted by molar-refractivity contribution is -0.136. The van der Waals surface area contributed by atoms with E-state index < -0.39 is 30.7 Å². The van der Waals surface area contributed by atoms with Crippen LogP contribution in [0.15, 0.2) is 12.3 Å². The number of rotatable bonds is 5. The SMILES string of the molecule is Cc1cc(C(=O)O)ncc1C1CC1CC(F)(F)C(F)F. The Bertz CT molecular complexity index is 533. The van der Waals surface area contributed by atoms with Crippen LogP contribution in [0, 0.1) is 12.8 Å². The first kappa shape index (κ1) is 14.7. The predicted molar refractivity (Wildman–Crippen MR) is 62.3 cm³/mol. The predicted octanol–water partition coefficient (Wildman–Crippen LogP) is 3.48. The normalized spacial score (nSPS) is 22.1. The van der Waals surface area contributed by atoms with Crippen LogP contribution < -0.4 is 0 Å². The lowest BCUT2D eigenvalue weighted by Gasteiger charge is -2.15. The lowest BCUT2D eigenvalue weighted by Crippen LogP contribution is -2.27. The highest BCUT2D eigenvalue weighted by molar-refractivity contribution is 5.85. The number of alkyl halides is 4. The van der Waals surface area contributed by atoms with E-state index in [0.717, 1.165) is 0 Å². The number of aromatic carboxylic acids is 1. The van der Waals surface area contributed by atoms with Gasteiger partial charge in [-0.2, -0.15) is 0 Å². The average Bonchev–Trinajstić information content (AvgIpc) is 3.06. The molecule has 1 fully saturated rings. The van der Waals surface area contributed by atoms with Crippen molar-refractivity contribution < 1.29 is 27.5 Å². The van der Waals surface area contributed by atoms with Gasteiger partial charge in [0.2, 0.25) is 0 Å². The van der Waals surface area contributed by atoms with Crippen molar-refractivity contribution in [2.24, 2.45) is 5.92 Å². The molecule has 2 unspecified atom stereocenters. The molecule has 0 saturated heterocycles. The van der Waals surface area contributed by atoms with Gasteiger partial charge in [-0.15, -0.1) is 0 Å². The van der Waals surface area contributed by atoms with Crippen LogP contribution >= 0.6 is 0 Å². The highest BCUT2D eigenvalue weighted by atomic mass is 19.3. The van der Waals surface area contributed by atoms with E-state index in [1.807, 2.05) is 0 Å². The van der Waals surface area contributed by atoms with Gasteiger partial charge in [0.05, 0.1) is 0 Å². The quantitative estimate of drug-likeness (QED) is 0.845. The van der Waals surface area contributed by atoms with Crippen LogP contribution in [-0.4, -0.2) is 28.4 Å². The highest BCUT2D eigenvalue weighted by Gasteiger charge is 2.50. The number of carboxylic acid groups (broad SMARTS) is 1. The molecule has 0 aliphatic heterocycles. The smallest absolute Gasteiger partial charge is 0.354 e. The zero-order valence-corrected chi connectivity index (χ0v) is 10.6. The van der Waals surface area contributed by atoms with Crippen molar-refractivity contribution in [3.8, 4) is 0 Å². The minimum absolute atomic E-state index is 0.124. The molecular weight excluding hydrogens is 278 g/mol. The Morgan fingerprint density at radius 1 is 1.55 bits per heavy atom. The van der Waals surface area contributed by atoms with Crippen molar-refractivity contribution in [3.05, 3.63) is 29.1 Å². The number of pyridine rings is 1. The van der Waals surface area contributed by atoms with Crippen molar-refractivity contribution >= 4 is 5.97 Å². The van der Waals surface area contributed by atoms with Crippen molar-refractivity contribution in [2.75, 3.05) is 0 Å². The first-order chi connectivity index (χ1) is 9.22. The molecule has 0 bridgehead atoms. The number of carbonyl (C=O) groups is 1. The molecule has 1 N–H and O–H groups in total. The number of nitrogens with zero attached hydrogens (tertiary/aromatic N) is 1. The fourth-order valence-corrected chi connectivity index (χ4v) is 2.36. The molecule has 1 aliphatic carbocycles. The van der Waals surface area contributed by atoms with Crippen LogP contribution in [0.3, 0.4) is 0 Å². The minimum Gasteiger partial charge on any atom is -0.477 e. The number of aromatic nitrogens is 1. The second-order valence-corrected chi connectivity index (χ2v) is 5.10. The Labute approximate surface area is 112 Å². The van der Waals surface area contributed by atoms with E-state index in [1.54, 1.807) is 6.92 Å². The van der Waals surface area contributed by atoms with Gasteiger partial charge in [0.25, 0.3) is 0 Å². The molecule has 110 valence electrons. The largest absolute Gasteiger partial charge is 0.477 e. The van der Waals surface area contributed by atoms with Crippen LogP contribution in [0.2, 0.25) is 0 Å². The molecule has 0 spiro atoms. The fraction of sp³-hybridized carbons (Fsp3) is 0.538. The molecule has 0 radical (unpaired) electrons. The topological polar surface area (TPSA) is 50.2 Å². The molecule has 2 atom stereocenters. The summed E-state index contributed by atoms with van der Waals surface area (Å²) in [5, 5.41) is 8.78. The van der Waals surface area contributed by atoms with E-state index in [1.165, 1.54) is 12.3 Å². The molecule has 1 heterocycles.